The van der Waals surface area contributed by atoms with Gasteiger partial charge in [0.1, 0.15) is 5.58 Å². The molecule has 0 radical (unpaired) electrons. The molecular weight excluding hydrogens is 906 g/mol. The first kappa shape index (κ1) is 47.9. The molecule has 358 valence electrons. The van der Waals surface area contributed by atoms with Crippen LogP contribution in [-0.2, 0) is 16.2 Å². The van der Waals surface area contributed by atoms with Gasteiger partial charge in [0.15, 0.2) is 5.58 Å². The molecule has 10 rings (SSSR count). The Labute approximate surface area is 429 Å². The Morgan fingerprint density at radius 2 is 0.859 bits per heavy atom. The lowest BCUT2D eigenvalue weighted by Gasteiger charge is -2.32. The van der Waals surface area contributed by atoms with Gasteiger partial charge >= 0.3 is 0 Å². The normalized spacial score (nSPS) is 12.3. The van der Waals surface area contributed by atoms with E-state index in [1.165, 1.54) is 37.9 Å². The number of anilines is 9. The topological polar surface area (TPSA) is 22.9 Å². The Morgan fingerprint density at radius 1 is 0.408 bits per heavy atom. The van der Waals surface area contributed by atoms with Crippen molar-refractivity contribution in [2.45, 2.75) is 99.3 Å². The zero-order valence-corrected chi connectivity index (χ0v) is 44.8. The van der Waals surface area contributed by atoms with Crippen molar-refractivity contribution in [3.05, 3.63) is 208 Å². The molecule has 0 unspecified atom stereocenters. The van der Waals surface area contributed by atoms with Crippen LogP contribution in [0.5, 0.6) is 0 Å². The molecule has 0 bridgehead atoms. The van der Waals surface area contributed by atoms with E-state index in [1.54, 1.807) is 11.3 Å². The summed E-state index contributed by atoms with van der Waals surface area (Å²) >= 11 is 9.95. The molecule has 10 aromatic rings. The second-order valence-corrected chi connectivity index (χ2v) is 23.7. The molecule has 0 saturated carbocycles. The second kappa shape index (κ2) is 18.1. The van der Waals surface area contributed by atoms with E-state index >= 15 is 0 Å². The molecule has 0 aliphatic heterocycles. The van der Waals surface area contributed by atoms with Crippen molar-refractivity contribution >= 4 is 106 Å². The molecule has 0 spiro atoms. The molecular formula is C65H64ClN3OS. The number of halogens is 1. The summed E-state index contributed by atoms with van der Waals surface area (Å²) in [6.45, 7) is 26.9. The SMILES string of the molecule is Cc1ccc(N(c2ccc(C)cc2)c2ccc(N(c3ccc(C(C)(C)C)cc3)c3cc(C)cc(N(c4ccc(C(C)(C)C)cc4)c4csc5ccc(C(C)(C)C)cc45)c3Cl)c3oc4ccccc4c23)cc1. The zero-order chi connectivity index (χ0) is 50.1. The van der Waals surface area contributed by atoms with Crippen molar-refractivity contribution in [3.8, 4) is 0 Å². The van der Waals surface area contributed by atoms with Gasteiger partial charge in [-0.25, -0.2) is 0 Å². The van der Waals surface area contributed by atoms with E-state index in [2.05, 4.69) is 267 Å². The molecule has 0 saturated heterocycles. The highest BCUT2D eigenvalue weighted by Crippen LogP contribution is 2.53. The summed E-state index contributed by atoms with van der Waals surface area (Å²) in [6, 6.07) is 59.8. The van der Waals surface area contributed by atoms with Crippen molar-refractivity contribution in [2.24, 2.45) is 0 Å². The molecule has 2 aromatic heterocycles. The molecule has 2 heterocycles. The molecule has 0 aliphatic carbocycles. The van der Waals surface area contributed by atoms with Crippen LogP contribution in [0, 0.1) is 20.8 Å². The molecule has 0 amide bonds. The molecule has 0 fully saturated rings. The minimum Gasteiger partial charge on any atom is -0.454 e. The van der Waals surface area contributed by atoms with Crippen LogP contribution in [0.1, 0.15) is 95.7 Å². The smallest absolute Gasteiger partial charge is 0.161 e. The fourth-order valence-electron chi connectivity index (χ4n) is 9.72. The Hall–Kier alpha value is -6.79. The van der Waals surface area contributed by atoms with E-state index in [0.717, 1.165) is 78.7 Å². The largest absolute Gasteiger partial charge is 0.454 e. The third-order valence-corrected chi connectivity index (χ3v) is 15.2. The maximum absolute atomic E-state index is 8.18. The number of rotatable bonds is 9. The average molecular weight is 971 g/mol. The second-order valence-electron chi connectivity index (χ2n) is 22.4. The Balaban J connectivity index is 1.26. The lowest BCUT2D eigenvalue weighted by molar-refractivity contribution is 0.590. The van der Waals surface area contributed by atoms with Gasteiger partial charge in [0.2, 0.25) is 0 Å². The first-order valence-corrected chi connectivity index (χ1v) is 26.0. The summed E-state index contributed by atoms with van der Waals surface area (Å²) in [5.74, 6) is 0. The van der Waals surface area contributed by atoms with Crippen LogP contribution < -0.4 is 14.7 Å². The monoisotopic (exact) mass is 969 g/mol. The summed E-state index contributed by atoms with van der Waals surface area (Å²) < 4.78 is 8.40. The summed E-state index contributed by atoms with van der Waals surface area (Å²) in [5, 5.41) is 6.16. The minimum atomic E-state index is -0.0419. The number of benzene rings is 8. The number of fused-ring (bicyclic) bond motifs is 4. The molecule has 0 aliphatic rings. The number of furan rings is 1. The van der Waals surface area contributed by atoms with Crippen molar-refractivity contribution in [1.29, 1.82) is 0 Å². The summed E-state index contributed by atoms with van der Waals surface area (Å²) in [6.07, 6.45) is 0. The molecule has 8 aromatic carbocycles. The van der Waals surface area contributed by atoms with Crippen molar-refractivity contribution in [2.75, 3.05) is 14.7 Å². The van der Waals surface area contributed by atoms with Crippen LogP contribution in [0.25, 0.3) is 32.0 Å². The first-order chi connectivity index (χ1) is 33.7. The van der Waals surface area contributed by atoms with Gasteiger partial charge in [-0.15, -0.1) is 11.3 Å². The van der Waals surface area contributed by atoms with E-state index in [9.17, 15) is 0 Å². The molecule has 4 nitrogen and oxygen atoms in total. The minimum absolute atomic E-state index is 0.00786. The highest BCUT2D eigenvalue weighted by molar-refractivity contribution is 7.17. The number of thiophene rings is 1. The fourth-order valence-corrected chi connectivity index (χ4v) is 10.9. The summed E-state index contributed by atoms with van der Waals surface area (Å²) in [7, 11) is 0. The summed E-state index contributed by atoms with van der Waals surface area (Å²) in [4.78, 5) is 7.04. The van der Waals surface area contributed by atoms with E-state index in [-0.39, 0.29) is 16.2 Å². The van der Waals surface area contributed by atoms with Crippen LogP contribution in [-0.4, -0.2) is 0 Å². The average Bonchev–Trinajstić information content (AvgIpc) is 3.94. The predicted molar refractivity (Wildman–Crippen MR) is 308 cm³/mol. The molecule has 6 heteroatoms. The maximum Gasteiger partial charge on any atom is 0.161 e. The third-order valence-electron chi connectivity index (χ3n) is 13.9. The predicted octanol–water partition coefficient (Wildman–Crippen LogP) is 20.7. The summed E-state index contributed by atoms with van der Waals surface area (Å²) in [5.41, 5.74) is 17.6. The van der Waals surface area contributed by atoms with Crippen molar-refractivity contribution in [3.63, 3.8) is 0 Å². The van der Waals surface area contributed by atoms with Crippen molar-refractivity contribution in [1.82, 2.24) is 0 Å². The van der Waals surface area contributed by atoms with E-state index < -0.39 is 0 Å². The Kier molecular flexibility index (Phi) is 12.2. The zero-order valence-electron chi connectivity index (χ0n) is 43.2. The number of aryl methyl sites for hydroxylation is 3. The third kappa shape index (κ3) is 9.11. The van der Waals surface area contributed by atoms with Gasteiger partial charge in [-0.2, -0.15) is 0 Å². The first-order valence-electron chi connectivity index (χ1n) is 24.8. The number of hydrogen-bond donors (Lipinski definition) is 0. The van der Waals surface area contributed by atoms with Crippen LogP contribution in [0.15, 0.2) is 174 Å². The van der Waals surface area contributed by atoms with Crippen LogP contribution >= 0.6 is 22.9 Å². The van der Waals surface area contributed by atoms with Gasteiger partial charge in [-0.05, 0) is 150 Å². The highest BCUT2D eigenvalue weighted by atomic mass is 35.5. The van der Waals surface area contributed by atoms with Crippen LogP contribution in [0.4, 0.5) is 51.2 Å². The maximum atomic E-state index is 8.18. The van der Waals surface area contributed by atoms with Gasteiger partial charge in [0, 0.05) is 43.6 Å². The van der Waals surface area contributed by atoms with Crippen LogP contribution in [0.2, 0.25) is 5.02 Å². The van der Waals surface area contributed by atoms with E-state index in [0.29, 0.717) is 5.02 Å². The quantitative estimate of drug-likeness (QED) is 0.144. The number of hydrogen-bond acceptors (Lipinski definition) is 5. The van der Waals surface area contributed by atoms with Gasteiger partial charge in [0.05, 0.1) is 38.8 Å². The number of para-hydroxylation sites is 1. The van der Waals surface area contributed by atoms with E-state index in [1.807, 2.05) is 0 Å². The Bertz CT molecular complexity index is 3520. The fraction of sp³-hybridized carbons (Fsp3) is 0.231. The Morgan fingerprint density at radius 3 is 1.38 bits per heavy atom. The van der Waals surface area contributed by atoms with Gasteiger partial charge in [0.25, 0.3) is 0 Å². The standard InChI is InChI=1S/C65H64ClN3OS/c1-41-17-26-47(27-18-41)67(48-28-19-42(2)20-29-48)53-34-35-54(62-60(53)51-15-13-14-16-58(51)70-62)68(49-30-21-44(22-31-49)63(4,5)6)55-37-43(3)38-56(61(55)66)69(50-32-23-45(24-33-50)64(7,8)9)57-40-71-59-36-25-46(39-52(57)59)65(10,11)12/h13-40H,1-12H3. The lowest BCUT2D eigenvalue weighted by Crippen LogP contribution is -2.17. The lowest BCUT2D eigenvalue weighted by atomic mass is 9.86. The van der Waals surface area contributed by atoms with Gasteiger partial charge in [-0.3, -0.25) is 0 Å². The molecule has 0 N–H and O–H groups in total. The molecule has 0 atom stereocenters. The molecule has 71 heavy (non-hydrogen) atoms. The van der Waals surface area contributed by atoms with E-state index in [4.69, 9.17) is 16.0 Å². The van der Waals surface area contributed by atoms with Gasteiger partial charge in [-0.1, -0.05) is 158 Å². The van der Waals surface area contributed by atoms with Crippen LogP contribution in [0.3, 0.4) is 0 Å². The van der Waals surface area contributed by atoms with Gasteiger partial charge < -0.3 is 19.1 Å². The highest BCUT2D eigenvalue weighted by Gasteiger charge is 2.30. The van der Waals surface area contributed by atoms with Crippen molar-refractivity contribution < 1.29 is 4.42 Å². The number of nitrogens with zero attached hydrogens (tertiary/aromatic N) is 3.